The molecule has 0 aliphatic heterocycles. The van der Waals surface area contributed by atoms with Crippen molar-refractivity contribution in [3.63, 3.8) is 0 Å². The number of rotatable bonds is 1. The predicted octanol–water partition coefficient (Wildman–Crippen LogP) is 2.06. The average Bonchev–Trinajstić information content (AvgIpc) is 2.20. The molecule has 0 aliphatic rings. The monoisotopic (exact) mass is 192 g/mol. The van der Waals surface area contributed by atoms with E-state index in [4.69, 9.17) is 4.74 Å². The lowest BCUT2D eigenvalue weighted by atomic mass is 10.2. The zero-order valence-electron chi connectivity index (χ0n) is 9.11. The molecule has 3 nitrogen and oxygen atoms in total. The zero-order chi connectivity index (χ0) is 10.6. The Kier molecular flexibility index (Phi) is 3.51. The van der Waals surface area contributed by atoms with E-state index >= 15 is 0 Å². The standard InChI is InChI=1S/C11H16N2O/c1-9-5-7-10(8-6-9)13(3)11(12-2)14-4/h5-8H,1-4H3. The fourth-order valence-corrected chi connectivity index (χ4v) is 1.26. The predicted molar refractivity (Wildman–Crippen MR) is 60.0 cm³/mol. The first-order chi connectivity index (χ1) is 6.69. The molecular formula is C11H16N2O. The molecule has 0 spiro atoms. The highest BCUT2D eigenvalue weighted by atomic mass is 16.5. The van der Waals surface area contributed by atoms with Gasteiger partial charge in [-0.15, -0.1) is 0 Å². The van der Waals surface area contributed by atoms with Crippen LogP contribution in [0.25, 0.3) is 0 Å². The Labute approximate surface area is 85.0 Å². The normalized spacial score (nSPS) is 11.3. The Hall–Kier alpha value is -1.51. The van der Waals surface area contributed by atoms with Crippen molar-refractivity contribution in [3.8, 4) is 0 Å². The van der Waals surface area contributed by atoms with Crippen LogP contribution in [-0.4, -0.2) is 27.2 Å². The van der Waals surface area contributed by atoms with Crippen LogP contribution in [0.2, 0.25) is 0 Å². The van der Waals surface area contributed by atoms with Crippen molar-refractivity contribution in [2.45, 2.75) is 6.92 Å². The van der Waals surface area contributed by atoms with E-state index in [0.29, 0.717) is 6.02 Å². The van der Waals surface area contributed by atoms with Gasteiger partial charge in [0.05, 0.1) is 7.11 Å². The van der Waals surface area contributed by atoms with Gasteiger partial charge >= 0.3 is 0 Å². The van der Waals surface area contributed by atoms with Gasteiger partial charge in [0.2, 0.25) is 0 Å². The SMILES string of the molecule is CN=C(OC)N(C)c1ccc(C)cc1. The third-order valence-corrected chi connectivity index (χ3v) is 2.08. The molecular weight excluding hydrogens is 176 g/mol. The van der Waals surface area contributed by atoms with Gasteiger partial charge < -0.3 is 4.74 Å². The molecule has 1 rings (SSSR count). The third-order valence-electron chi connectivity index (χ3n) is 2.08. The van der Waals surface area contributed by atoms with Crippen LogP contribution in [0.15, 0.2) is 29.3 Å². The molecule has 0 fully saturated rings. The van der Waals surface area contributed by atoms with Gasteiger partial charge in [-0.25, -0.2) is 4.99 Å². The second-order valence-electron chi connectivity index (χ2n) is 3.10. The van der Waals surface area contributed by atoms with E-state index in [0.717, 1.165) is 5.69 Å². The van der Waals surface area contributed by atoms with Crippen molar-refractivity contribution < 1.29 is 4.74 Å². The zero-order valence-corrected chi connectivity index (χ0v) is 9.11. The summed E-state index contributed by atoms with van der Waals surface area (Å²) in [6.07, 6.45) is 0. The molecule has 1 aromatic carbocycles. The average molecular weight is 192 g/mol. The molecule has 0 heterocycles. The molecule has 0 bridgehead atoms. The number of ether oxygens (including phenoxy) is 1. The third kappa shape index (κ3) is 2.25. The lowest BCUT2D eigenvalue weighted by molar-refractivity contribution is 0.392. The molecule has 0 aliphatic carbocycles. The maximum Gasteiger partial charge on any atom is 0.291 e. The summed E-state index contributed by atoms with van der Waals surface area (Å²) < 4.78 is 5.12. The first kappa shape index (κ1) is 10.6. The molecule has 0 radical (unpaired) electrons. The summed E-state index contributed by atoms with van der Waals surface area (Å²) in [5.41, 5.74) is 2.31. The van der Waals surface area contributed by atoms with E-state index in [-0.39, 0.29) is 0 Å². The van der Waals surface area contributed by atoms with Gasteiger partial charge in [-0.05, 0) is 19.1 Å². The van der Waals surface area contributed by atoms with Crippen LogP contribution >= 0.6 is 0 Å². The summed E-state index contributed by atoms with van der Waals surface area (Å²) in [6, 6.07) is 8.82. The first-order valence-corrected chi connectivity index (χ1v) is 4.50. The summed E-state index contributed by atoms with van der Waals surface area (Å²) in [5.74, 6) is 0. The first-order valence-electron chi connectivity index (χ1n) is 4.50. The number of aliphatic imine (C=N–C) groups is 1. The van der Waals surface area contributed by atoms with Crippen LogP contribution in [0, 0.1) is 6.92 Å². The number of anilines is 1. The quantitative estimate of drug-likeness (QED) is 0.502. The van der Waals surface area contributed by atoms with E-state index in [9.17, 15) is 0 Å². The summed E-state index contributed by atoms with van der Waals surface area (Å²) in [7, 11) is 5.26. The molecule has 0 unspecified atom stereocenters. The van der Waals surface area contributed by atoms with Gasteiger partial charge in [-0.2, -0.15) is 0 Å². The number of aryl methyl sites for hydroxylation is 1. The van der Waals surface area contributed by atoms with Crippen LogP contribution in [0.1, 0.15) is 5.56 Å². The molecule has 0 saturated heterocycles. The lowest BCUT2D eigenvalue weighted by Crippen LogP contribution is -2.27. The Bertz CT molecular complexity index is 317. The Balaban J connectivity index is 2.89. The summed E-state index contributed by atoms with van der Waals surface area (Å²) in [4.78, 5) is 5.93. The molecule has 1 aromatic rings. The van der Waals surface area contributed by atoms with Crippen LogP contribution < -0.4 is 4.90 Å². The van der Waals surface area contributed by atoms with Gasteiger partial charge in [0.15, 0.2) is 0 Å². The molecule has 14 heavy (non-hydrogen) atoms. The molecule has 0 amide bonds. The van der Waals surface area contributed by atoms with Gasteiger partial charge in [-0.1, -0.05) is 17.7 Å². The number of benzene rings is 1. The molecule has 0 N–H and O–H groups in total. The van der Waals surface area contributed by atoms with Crippen LogP contribution in [0.3, 0.4) is 0 Å². The van der Waals surface area contributed by atoms with Gasteiger partial charge in [0, 0.05) is 19.8 Å². The second kappa shape index (κ2) is 4.65. The maximum atomic E-state index is 5.12. The van der Waals surface area contributed by atoms with Gasteiger partial charge in [0.1, 0.15) is 0 Å². The van der Waals surface area contributed by atoms with E-state index in [1.165, 1.54) is 5.56 Å². The Morgan fingerprint density at radius 2 is 1.86 bits per heavy atom. The van der Waals surface area contributed by atoms with Crippen molar-refractivity contribution in [2.24, 2.45) is 4.99 Å². The fourth-order valence-electron chi connectivity index (χ4n) is 1.26. The van der Waals surface area contributed by atoms with Crippen LogP contribution in [0.4, 0.5) is 5.69 Å². The van der Waals surface area contributed by atoms with E-state index in [1.54, 1.807) is 14.2 Å². The second-order valence-corrected chi connectivity index (χ2v) is 3.10. The maximum absolute atomic E-state index is 5.12. The summed E-state index contributed by atoms with van der Waals surface area (Å²) in [6.45, 7) is 2.06. The van der Waals surface area contributed by atoms with E-state index in [2.05, 4.69) is 24.0 Å². The van der Waals surface area contributed by atoms with Gasteiger partial charge in [-0.3, -0.25) is 4.90 Å². The van der Waals surface area contributed by atoms with E-state index in [1.807, 2.05) is 24.1 Å². The molecule has 76 valence electrons. The highest BCUT2D eigenvalue weighted by Gasteiger charge is 2.06. The van der Waals surface area contributed by atoms with Crippen molar-refractivity contribution in [2.75, 3.05) is 26.1 Å². The largest absolute Gasteiger partial charge is 0.468 e. The number of nitrogens with zero attached hydrogens (tertiary/aromatic N) is 2. The number of amidine groups is 1. The molecule has 0 atom stereocenters. The van der Waals surface area contributed by atoms with Crippen molar-refractivity contribution in [3.05, 3.63) is 29.8 Å². The van der Waals surface area contributed by atoms with Crippen molar-refractivity contribution >= 4 is 11.7 Å². The highest BCUT2D eigenvalue weighted by Crippen LogP contribution is 2.13. The fraction of sp³-hybridized carbons (Fsp3) is 0.364. The summed E-state index contributed by atoms with van der Waals surface area (Å²) in [5, 5.41) is 0. The highest BCUT2D eigenvalue weighted by molar-refractivity contribution is 5.90. The minimum atomic E-state index is 0.605. The Morgan fingerprint density at radius 1 is 1.29 bits per heavy atom. The molecule has 0 saturated carbocycles. The number of hydrogen-bond acceptors (Lipinski definition) is 2. The number of hydrogen-bond donors (Lipinski definition) is 0. The molecule has 3 heteroatoms. The number of methoxy groups -OCH3 is 1. The Morgan fingerprint density at radius 3 is 2.29 bits per heavy atom. The smallest absolute Gasteiger partial charge is 0.291 e. The lowest BCUT2D eigenvalue weighted by Gasteiger charge is -2.19. The summed E-state index contributed by atoms with van der Waals surface area (Å²) >= 11 is 0. The van der Waals surface area contributed by atoms with Crippen LogP contribution in [0.5, 0.6) is 0 Å². The van der Waals surface area contributed by atoms with Crippen molar-refractivity contribution in [1.29, 1.82) is 0 Å². The van der Waals surface area contributed by atoms with Crippen molar-refractivity contribution in [1.82, 2.24) is 0 Å². The molecule has 0 aromatic heterocycles. The minimum absolute atomic E-state index is 0.605. The van der Waals surface area contributed by atoms with E-state index < -0.39 is 0 Å². The topological polar surface area (TPSA) is 24.8 Å². The van der Waals surface area contributed by atoms with Crippen LogP contribution in [-0.2, 0) is 4.74 Å². The van der Waals surface area contributed by atoms with Gasteiger partial charge in [0.25, 0.3) is 6.02 Å². The minimum Gasteiger partial charge on any atom is -0.468 e.